The van der Waals surface area contributed by atoms with Crippen LogP contribution in [0.25, 0.3) is 0 Å². The van der Waals surface area contributed by atoms with Gasteiger partial charge in [0, 0.05) is 4.88 Å². The van der Waals surface area contributed by atoms with Gasteiger partial charge in [-0.1, -0.05) is 13.3 Å². The summed E-state index contributed by atoms with van der Waals surface area (Å²) in [7, 11) is 0. The number of nitrogens with zero attached hydrogens (tertiary/aromatic N) is 1. The molecule has 0 spiro atoms. The Balaban J connectivity index is 2.05. The van der Waals surface area contributed by atoms with Crippen molar-refractivity contribution >= 4 is 22.9 Å². The predicted molar refractivity (Wildman–Crippen MR) is 81.9 cm³/mol. The van der Waals surface area contributed by atoms with Crippen LogP contribution in [0.15, 0.2) is 5.38 Å². The molecule has 0 saturated carbocycles. The second-order valence-electron chi connectivity index (χ2n) is 5.39. The number of aryl methyl sites for hydroxylation is 2. The lowest BCUT2D eigenvalue weighted by atomic mass is 10.0. The summed E-state index contributed by atoms with van der Waals surface area (Å²) in [4.78, 5) is 16.0. The van der Waals surface area contributed by atoms with Gasteiger partial charge in [-0.25, -0.2) is 0 Å². The lowest BCUT2D eigenvalue weighted by Crippen LogP contribution is -2.47. The number of carbonyl (C=O) groups is 1. The minimum absolute atomic E-state index is 0.0624. The maximum atomic E-state index is 12.5. The molecule has 19 heavy (non-hydrogen) atoms. The van der Waals surface area contributed by atoms with Crippen LogP contribution in [0.1, 0.15) is 43.0 Å². The third-order valence-electron chi connectivity index (χ3n) is 3.83. The number of piperidine rings is 1. The van der Waals surface area contributed by atoms with Crippen LogP contribution in [-0.4, -0.2) is 29.9 Å². The Hall–Kier alpha value is -0.870. The minimum Gasteiger partial charge on any atom is -0.323 e. The van der Waals surface area contributed by atoms with Crippen LogP contribution in [0.4, 0.5) is 5.69 Å². The van der Waals surface area contributed by atoms with E-state index in [9.17, 15) is 4.79 Å². The van der Waals surface area contributed by atoms with Gasteiger partial charge in [0.2, 0.25) is 5.91 Å². The Labute approximate surface area is 120 Å². The van der Waals surface area contributed by atoms with Gasteiger partial charge in [0.05, 0.1) is 11.7 Å². The summed E-state index contributed by atoms with van der Waals surface area (Å²) in [5, 5.41) is 5.25. The van der Waals surface area contributed by atoms with E-state index in [4.69, 9.17) is 0 Å². The highest BCUT2D eigenvalue weighted by Gasteiger charge is 2.28. The van der Waals surface area contributed by atoms with Crippen LogP contribution < -0.4 is 5.32 Å². The molecule has 1 unspecified atom stereocenters. The van der Waals surface area contributed by atoms with Crippen LogP contribution in [0.2, 0.25) is 0 Å². The molecule has 1 saturated heterocycles. The zero-order valence-electron chi connectivity index (χ0n) is 12.2. The second-order valence-corrected chi connectivity index (χ2v) is 6.47. The molecule has 1 aromatic rings. The van der Waals surface area contributed by atoms with Crippen LogP contribution >= 0.6 is 11.3 Å². The summed E-state index contributed by atoms with van der Waals surface area (Å²) in [6, 6.07) is 0.0624. The van der Waals surface area contributed by atoms with Crippen molar-refractivity contribution in [1.82, 2.24) is 4.90 Å². The number of likely N-dealkylation sites (tertiary alicyclic amines) is 1. The lowest BCUT2D eigenvalue weighted by molar-refractivity contribution is -0.122. The van der Waals surface area contributed by atoms with Crippen molar-refractivity contribution in [2.24, 2.45) is 0 Å². The topological polar surface area (TPSA) is 32.3 Å². The number of rotatable bonds is 4. The number of carbonyl (C=O) groups excluding carboxylic acids is 1. The summed E-state index contributed by atoms with van der Waals surface area (Å²) in [5.74, 6) is 0.178. The Kier molecular flexibility index (Phi) is 4.99. The average Bonchev–Trinajstić information content (AvgIpc) is 2.71. The van der Waals surface area contributed by atoms with Crippen LogP contribution in [-0.2, 0) is 4.79 Å². The van der Waals surface area contributed by atoms with E-state index in [2.05, 4.69) is 36.4 Å². The first-order chi connectivity index (χ1) is 9.13. The Morgan fingerprint density at radius 3 is 2.89 bits per heavy atom. The van der Waals surface area contributed by atoms with E-state index in [1.165, 1.54) is 23.3 Å². The van der Waals surface area contributed by atoms with Gasteiger partial charge >= 0.3 is 0 Å². The summed E-state index contributed by atoms with van der Waals surface area (Å²) in [6.07, 6.45) is 4.49. The first-order valence-electron chi connectivity index (χ1n) is 7.23. The summed E-state index contributed by atoms with van der Waals surface area (Å²) < 4.78 is 0. The smallest absolute Gasteiger partial charge is 0.241 e. The zero-order chi connectivity index (χ0) is 13.8. The molecule has 0 aromatic carbocycles. The average molecular weight is 280 g/mol. The Morgan fingerprint density at radius 2 is 2.26 bits per heavy atom. The van der Waals surface area contributed by atoms with E-state index < -0.39 is 0 Å². The molecule has 1 atom stereocenters. The second kappa shape index (κ2) is 6.53. The van der Waals surface area contributed by atoms with E-state index in [1.807, 2.05) is 0 Å². The largest absolute Gasteiger partial charge is 0.323 e. The van der Waals surface area contributed by atoms with Crippen LogP contribution in [0.3, 0.4) is 0 Å². The normalized spacial score (nSPS) is 20.5. The van der Waals surface area contributed by atoms with Gasteiger partial charge in [0.25, 0.3) is 0 Å². The third kappa shape index (κ3) is 3.37. The molecule has 1 N–H and O–H groups in total. The van der Waals surface area contributed by atoms with Gasteiger partial charge < -0.3 is 5.32 Å². The van der Waals surface area contributed by atoms with Gasteiger partial charge in [0.1, 0.15) is 0 Å². The molecular formula is C15H24N2OS. The molecule has 1 aliphatic rings. The fourth-order valence-corrected chi connectivity index (χ4v) is 3.61. The minimum atomic E-state index is 0.0624. The molecule has 3 nitrogen and oxygen atoms in total. The Bertz CT molecular complexity index is 420. The van der Waals surface area contributed by atoms with Crippen molar-refractivity contribution in [2.75, 3.05) is 18.4 Å². The van der Waals surface area contributed by atoms with E-state index in [0.717, 1.165) is 31.6 Å². The maximum absolute atomic E-state index is 12.5. The monoisotopic (exact) mass is 280 g/mol. The van der Waals surface area contributed by atoms with Crippen molar-refractivity contribution in [1.29, 1.82) is 0 Å². The summed E-state index contributed by atoms with van der Waals surface area (Å²) >= 11 is 1.70. The standard InChI is InChI=1S/C15H24N2OS/c1-4-8-17-9-6-5-7-13(17)15(18)16-14-11(2)10-19-12(14)3/h10,13H,4-9H2,1-3H3,(H,16,18). The number of nitrogens with one attached hydrogen (secondary N) is 1. The third-order valence-corrected chi connectivity index (χ3v) is 4.86. The van der Waals surface area contributed by atoms with E-state index >= 15 is 0 Å². The SMILES string of the molecule is CCCN1CCCCC1C(=O)Nc1c(C)csc1C. The number of amides is 1. The quantitative estimate of drug-likeness (QED) is 0.914. The zero-order valence-corrected chi connectivity index (χ0v) is 13.0. The highest BCUT2D eigenvalue weighted by molar-refractivity contribution is 7.10. The number of hydrogen-bond acceptors (Lipinski definition) is 3. The molecule has 2 heterocycles. The van der Waals surface area contributed by atoms with E-state index in [-0.39, 0.29) is 11.9 Å². The highest BCUT2D eigenvalue weighted by atomic mass is 32.1. The lowest BCUT2D eigenvalue weighted by Gasteiger charge is -2.34. The fraction of sp³-hybridized carbons (Fsp3) is 0.667. The Morgan fingerprint density at radius 1 is 1.47 bits per heavy atom. The summed E-state index contributed by atoms with van der Waals surface area (Å²) in [5.41, 5.74) is 2.20. The number of hydrogen-bond donors (Lipinski definition) is 1. The highest BCUT2D eigenvalue weighted by Crippen LogP contribution is 2.27. The van der Waals surface area contributed by atoms with Crippen molar-refractivity contribution in [3.05, 3.63) is 15.8 Å². The molecule has 106 valence electrons. The molecular weight excluding hydrogens is 256 g/mol. The first kappa shape index (κ1) is 14.5. The maximum Gasteiger partial charge on any atom is 0.241 e. The molecule has 4 heteroatoms. The van der Waals surface area contributed by atoms with E-state index in [0.29, 0.717) is 0 Å². The van der Waals surface area contributed by atoms with Crippen LogP contribution in [0, 0.1) is 13.8 Å². The molecule has 2 rings (SSSR count). The summed E-state index contributed by atoms with van der Waals surface area (Å²) in [6.45, 7) is 8.39. The van der Waals surface area contributed by atoms with Crippen molar-refractivity contribution in [3.63, 3.8) is 0 Å². The predicted octanol–water partition coefficient (Wildman–Crippen LogP) is 3.57. The molecule has 1 aliphatic heterocycles. The molecule has 0 radical (unpaired) electrons. The van der Waals surface area contributed by atoms with Gasteiger partial charge in [-0.15, -0.1) is 11.3 Å². The molecule has 0 bridgehead atoms. The molecule has 1 aromatic heterocycles. The van der Waals surface area contributed by atoms with Crippen LogP contribution in [0.5, 0.6) is 0 Å². The molecule has 1 fully saturated rings. The number of anilines is 1. The van der Waals surface area contributed by atoms with Gasteiger partial charge in [-0.2, -0.15) is 0 Å². The van der Waals surface area contributed by atoms with E-state index in [1.54, 1.807) is 11.3 Å². The fourth-order valence-electron chi connectivity index (χ4n) is 2.81. The molecule has 0 aliphatic carbocycles. The molecule has 1 amide bonds. The van der Waals surface area contributed by atoms with Gasteiger partial charge in [-0.05, 0) is 57.1 Å². The van der Waals surface area contributed by atoms with Gasteiger partial charge in [0.15, 0.2) is 0 Å². The van der Waals surface area contributed by atoms with Crippen molar-refractivity contribution in [2.45, 2.75) is 52.5 Å². The van der Waals surface area contributed by atoms with Crippen molar-refractivity contribution < 1.29 is 4.79 Å². The first-order valence-corrected chi connectivity index (χ1v) is 8.11. The van der Waals surface area contributed by atoms with Crippen molar-refractivity contribution in [3.8, 4) is 0 Å². The number of thiophene rings is 1. The van der Waals surface area contributed by atoms with Gasteiger partial charge in [-0.3, -0.25) is 9.69 Å².